The standard InChI is InChI=1S/C10H12O.C3H8/c1-8-4-5-9-3-2-6-11-10(9)7-8;1-3-2/h2-5,8H,6-7H2,1H3;3H2,1-2H3. The van der Waals surface area contributed by atoms with Crippen LogP contribution in [-0.2, 0) is 4.74 Å². The van der Waals surface area contributed by atoms with Crippen LogP contribution in [0.3, 0.4) is 0 Å². The molecule has 0 saturated heterocycles. The predicted octanol–water partition coefficient (Wildman–Crippen LogP) is 3.84. The zero-order valence-corrected chi connectivity index (χ0v) is 9.42. The van der Waals surface area contributed by atoms with Crippen molar-refractivity contribution >= 4 is 0 Å². The van der Waals surface area contributed by atoms with Crippen LogP contribution in [0.15, 0.2) is 35.6 Å². The summed E-state index contributed by atoms with van der Waals surface area (Å²) in [5, 5.41) is 0. The SMILES string of the molecule is CC1C=CC2=C(C1)OCC=C2.CCC. The highest BCUT2D eigenvalue weighted by Gasteiger charge is 2.14. The first-order valence-corrected chi connectivity index (χ1v) is 5.48. The quantitative estimate of drug-likeness (QED) is 0.566. The van der Waals surface area contributed by atoms with Crippen molar-refractivity contribution in [1.29, 1.82) is 0 Å². The van der Waals surface area contributed by atoms with Crippen LogP contribution in [0.25, 0.3) is 0 Å². The van der Waals surface area contributed by atoms with Crippen LogP contribution in [-0.4, -0.2) is 6.61 Å². The van der Waals surface area contributed by atoms with Crippen LogP contribution in [0.5, 0.6) is 0 Å². The van der Waals surface area contributed by atoms with E-state index in [2.05, 4.69) is 45.1 Å². The van der Waals surface area contributed by atoms with Gasteiger partial charge in [-0.25, -0.2) is 0 Å². The second kappa shape index (κ2) is 5.69. The lowest BCUT2D eigenvalue weighted by Gasteiger charge is -2.20. The van der Waals surface area contributed by atoms with Crippen molar-refractivity contribution < 1.29 is 4.74 Å². The average molecular weight is 192 g/mol. The number of hydrogen-bond acceptors (Lipinski definition) is 1. The van der Waals surface area contributed by atoms with Crippen molar-refractivity contribution in [2.24, 2.45) is 5.92 Å². The maximum Gasteiger partial charge on any atom is 0.106 e. The summed E-state index contributed by atoms with van der Waals surface area (Å²) in [5.41, 5.74) is 1.26. The van der Waals surface area contributed by atoms with Gasteiger partial charge in [-0.15, -0.1) is 0 Å². The fourth-order valence-electron chi connectivity index (χ4n) is 1.45. The first-order valence-electron chi connectivity index (χ1n) is 5.48. The first kappa shape index (κ1) is 11.1. The van der Waals surface area contributed by atoms with Gasteiger partial charge >= 0.3 is 0 Å². The van der Waals surface area contributed by atoms with Crippen LogP contribution in [0.4, 0.5) is 0 Å². The van der Waals surface area contributed by atoms with E-state index in [4.69, 9.17) is 4.74 Å². The molecule has 0 fully saturated rings. The molecule has 0 saturated carbocycles. The highest BCUT2D eigenvalue weighted by atomic mass is 16.5. The monoisotopic (exact) mass is 192 g/mol. The molecular weight excluding hydrogens is 172 g/mol. The van der Waals surface area contributed by atoms with E-state index in [0.717, 1.165) is 13.0 Å². The van der Waals surface area contributed by atoms with E-state index in [9.17, 15) is 0 Å². The zero-order valence-electron chi connectivity index (χ0n) is 9.42. The van der Waals surface area contributed by atoms with Crippen LogP contribution in [0, 0.1) is 5.92 Å². The minimum absolute atomic E-state index is 0.639. The van der Waals surface area contributed by atoms with E-state index < -0.39 is 0 Å². The third-order valence-electron chi connectivity index (χ3n) is 2.08. The van der Waals surface area contributed by atoms with Gasteiger partial charge in [-0.2, -0.15) is 0 Å². The van der Waals surface area contributed by atoms with E-state index in [0.29, 0.717) is 5.92 Å². The Balaban J connectivity index is 0.000000293. The summed E-state index contributed by atoms with van der Waals surface area (Å²) in [6.07, 6.45) is 10.9. The maximum absolute atomic E-state index is 5.49. The van der Waals surface area contributed by atoms with E-state index in [1.807, 2.05) is 0 Å². The Labute approximate surface area is 87.2 Å². The van der Waals surface area contributed by atoms with Crippen LogP contribution in [0.2, 0.25) is 0 Å². The zero-order chi connectivity index (χ0) is 10.4. The molecule has 0 spiro atoms. The van der Waals surface area contributed by atoms with Gasteiger partial charge in [0.15, 0.2) is 0 Å². The summed E-state index contributed by atoms with van der Waals surface area (Å²) in [5.74, 6) is 1.81. The van der Waals surface area contributed by atoms with Crippen LogP contribution >= 0.6 is 0 Å². The fraction of sp³-hybridized carbons (Fsp3) is 0.538. The normalized spacial score (nSPS) is 23.5. The Morgan fingerprint density at radius 2 is 2.07 bits per heavy atom. The van der Waals surface area contributed by atoms with Gasteiger partial charge in [-0.1, -0.05) is 45.4 Å². The van der Waals surface area contributed by atoms with E-state index in [1.54, 1.807) is 0 Å². The lowest BCUT2D eigenvalue weighted by molar-refractivity contribution is 0.221. The molecule has 0 aromatic carbocycles. The largest absolute Gasteiger partial charge is 0.493 e. The topological polar surface area (TPSA) is 9.23 Å². The lowest BCUT2D eigenvalue weighted by Crippen LogP contribution is -2.07. The predicted molar refractivity (Wildman–Crippen MR) is 61.0 cm³/mol. The average Bonchev–Trinajstić information content (AvgIpc) is 2.19. The molecular formula is C13H20O. The van der Waals surface area contributed by atoms with Gasteiger partial charge in [0.1, 0.15) is 12.4 Å². The van der Waals surface area contributed by atoms with Crippen molar-refractivity contribution in [3.8, 4) is 0 Å². The van der Waals surface area contributed by atoms with Crippen molar-refractivity contribution in [2.45, 2.75) is 33.6 Å². The molecule has 0 bridgehead atoms. The van der Waals surface area contributed by atoms with Crippen LogP contribution < -0.4 is 0 Å². The molecule has 2 aliphatic rings. The molecule has 0 amide bonds. The molecule has 0 N–H and O–H groups in total. The molecule has 0 aromatic heterocycles. The summed E-state index contributed by atoms with van der Waals surface area (Å²) in [6, 6.07) is 0. The molecule has 78 valence electrons. The Bertz CT molecular complexity index is 258. The van der Waals surface area contributed by atoms with Gasteiger partial charge in [0.25, 0.3) is 0 Å². The minimum Gasteiger partial charge on any atom is -0.493 e. The highest BCUT2D eigenvalue weighted by molar-refractivity contribution is 5.38. The number of allylic oxidation sites excluding steroid dienone is 5. The van der Waals surface area contributed by atoms with Gasteiger partial charge in [0, 0.05) is 12.0 Å². The summed E-state index contributed by atoms with van der Waals surface area (Å²) in [7, 11) is 0. The van der Waals surface area contributed by atoms with Gasteiger partial charge in [-0.05, 0) is 12.0 Å². The maximum atomic E-state index is 5.49. The van der Waals surface area contributed by atoms with E-state index >= 15 is 0 Å². The third-order valence-corrected chi connectivity index (χ3v) is 2.08. The van der Waals surface area contributed by atoms with E-state index in [1.165, 1.54) is 17.8 Å². The molecule has 2 rings (SSSR count). The van der Waals surface area contributed by atoms with E-state index in [-0.39, 0.29) is 0 Å². The van der Waals surface area contributed by atoms with Crippen molar-refractivity contribution in [3.05, 3.63) is 35.6 Å². The highest BCUT2D eigenvalue weighted by Crippen LogP contribution is 2.26. The second-order valence-corrected chi connectivity index (χ2v) is 3.84. The minimum atomic E-state index is 0.639. The Kier molecular flexibility index (Phi) is 4.51. The molecule has 1 nitrogen and oxygen atoms in total. The number of hydrogen-bond donors (Lipinski definition) is 0. The first-order chi connectivity index (χ1) is 6.77. The molecule has 1 aliphatic heterocycles. The summed E-state index contributed by atoms with van der Waals surface area (Å²) >= 11 is 0. The van der Waals surface area contributed by atoms with Gasteiger partial charge in [0.05, 0.1) is 0 Å². The molecule has 1 atom stereocenters. The fourth-order valence-corrected chi connectivity index (χ4v) is 1.45. The van der Waals surface area contributed by atoms with Crippen molar-refractivity contribution in [3.63, 3.8) is 0 Å². The molecule has 14 heavy (non-hydrogen) atoms. The number of rotatable bonds is 0. The molecule has 1 unspecified atom stereocenters. The second-order valence-electron chi connectivity index (χ2n) is 3.84. The van der Waals surface area contributed by atoms with Gasteiger partial charge < -0.3 is 4.74 Å². The summed E-state index contributed by atoms with van der Waals surface area (Å²) < 4.78 is 5.49. The van der Waals surface area contributed by atoms with Gasteiger partial charge in [-0.3, -0.25) is 0 Å². The van der Waals surface area contributed by atoms with Crippen molar-refractivity contribution in [2.75, 3.05) is 6.61 Å². The summed E-state index contributed by atoms with van der Waals surface area (Å²) in [6.45, 7) is 7.21. The number of ether oxygens (including phenoxy) is 1. The lowest BCUT2D eigenvalue weighted by atomic mass is 9.95. The molecule has 1 heteroatoms. The molecule has 0 radical (unpaired) electrons. The third kappa shape index (κ3) is 3.06. The smallest absolute Gasteiger partial charge is 0.106 e. The van der Waals surface area contributed by atoms with Gasteiger partial charge in [0.2, 0.25) is 0 Å². The molecule has 1 aliphatic carbocycles. The van der Waals surface area contributed by atoms with Crippen molar-refractivity contribution in [1.82, 2.24) is 0 Å². The summed E-state index contributed by atoms with van der Waals surface area (Å²) in [4.78, 5) is 0. The Morgan fingerprint density at radius 3 is 2.79 bits per heavy atom. The van der Waals surface area contributed by atoms with Crippen LogP contribution in [0.1, 0.15) is 33.6 Å². The Morgan fingerprint density at radius 1 is 1.36 bits per heavy atom. The molecule has 1 heterocycles. The Hall–Kier alpha value is -0.980. The molecule has 0 aromatic rings.